The molecule has 2 heterocycles. The summed E-state index contributed by atoms with van der Waals surface area (Å²) in [6, 6.07) is 5.40. The number of pyridine rings is 1. The van der Waals surface area contributed by atoms with E-state index in [9.17, 15) is 5.21 Å². The second kappa shape index (κ2) is 6.52. The van der Waals surface area contributed by atoms with Gasteiger partial charge < -0.3 is 5.32 Å². The van der Waals surface area contributed by atoms with Crippen LogP contribution < -0.4 is 10.6 Å². The molecule has 2 rings (SSSR count). The number of aliphatic imine (C=N–C) groups is 1. The number of aromatic nitrogens is 1. The van der Waals surface area contributed by atoms with E-state index in [1.807, 2.05) is 46.0 Å². The SMILES string of the molecule is CC1(C)CC(N=C(NC#N)Nc2ccccn2)CC(C)(C)N1[O]. The molecule has 7 heteroatoms. The van der Waals surface area contributed by atoms with Gasteiger partial charge in [0, 0.05) is 17.3 Å². The summed E-state index contributed by atoms with van der Waals surface area (Å²) in [5.41, 5.74) is -1.00. The van der Waals surface area contributed by atoms with Crippen LogP contribution >= 0.6 is 0 Å². The van der Waals surface area contributed by atoms with Gasteiger partial charge >= 0.3 is 0 Å². The molecule has 0 amide bonds. The van der Waals surface area contributed by atoms with Crippen molar-refractivity contribution in [2.45, 2.75) is 57.7 Å². The third-order valence-electron chi connectivity index (χ3n) is 3.97. The first kappa shape index (κ1) is 17.2. The minimum absolute atomic E-state index is 0.0581. The third kappa shape index (κ3) is 4.18. The molecule has 1 aromatic heterocycles. The van der Waals surface area contributed by atoms with Gasteiger partial charge in [-0.15, -0.1) is 10.3 Å². The zero-order valence-electron chi connectivity index (χ0n) is 14.0. The van der Waals surface area contributed by atoms with Gasteiger partial charge in [-0.1, -0.05) is 6.07 Å². The normalized spacial score (nSPS) is 21.5. The molecule has 1 aliphatic heterocycles. The van der Waals surface area contributed by atoms with Crippen LogP contribution in [-0.4, -0.2) is 33.1 Å². The summed E-state index contributed by atoms with van der Waals surface area (Å²) in [7, 11) is 0. The Hall–Kier alpha value is -2.17. The zero-order chi connectivity index (χ0) is 17.1. The number of nitrogens with one attached hydrogen (secondary N) is 2. The average Bonchev–Trinajstić information content (AvgIpc) is 2.45. The summed E-state index contributed by atoms with van der Waals surface area (Å²) in [5, 5.41) is 28.0. The Kier molecular flexibility index (Phi) is 4.88. The van der Waals surface area contributed by atoms with Crippen LogP contribution in [0.5, 0.6) is 0 Å². The molecule has 1 aliphatic rings. The number of hydrogen-bond donors (Lipinski definition) is 2. The number of nitriles is 1. The first-order valence-electron chi connectivity index (χ1n) is 7.63. The lowest BCUT2D eigenvalue weighted by Gasteiger charge is -2.48. The molecule has 0 spiro atoms. The zero-order valence-corrected chi connectivity index (χ0v) is 14.0. The number of nitrogens with zero attached hydrogens (tertiary/aromatic N) is 4. The minimum Gasteiger partial charge on any atom is -0.310 e. The smallest absolute Gasteiger partial charge is 0.210 e. The quantitative estimate of drug-likeness (QED) is 0.378. The summed E-state index contributed by atoms with van der Waals surface area (Å²) in [6.07, 6.45) is 4.80. The molecular weight excluding hydrogens is 292 g/mol. The fourth-order valence-electron chi connectivity index (χ4n) is 3.19. The molecule has 1 radical (unpaired) electrons. The summed E-state index contributed by atoms with van der Waals surface area (Å²) in [5.74, 6) is 0.955. The van der Waals surface area contributed by atoms with Gasteiger partial charge in [0.25, 0.3) is 0 Å². The molecule has 1 aromatic rings. The molecule has 0 aromatic carbocycles. The maximum Gasteiger partial charge on any atom is 0.210 e. The molecule has 0 bridgehead atoms. The van der Waals surface area contributed by atoms with Crippen molar-refractivity contribution < 1.29 is 5.21 Å². The predicted octanol–water partition coefficient (Wildman–Crippen LogP) is 2.29. The standard InChI is InChI=1S/C16H23N6O/c1-15(2)9-12(10-16(3,4)22(15)23)20-14(19-11-17)21-13-7-5-6-8-18-13/h5-8,12H,9-10H2,1-4H3,(H2,18,19,20,21). The summed E-state index contributed by atoms with van der Waals surface area (Å²) in [4.78, 5) is 8.78. The lowest BCUT2D eigenvalue weighted by atomic mass is 9.79. The number of rotatable bonds is 2. The van der Waals surface area contributed by atoms with E-state index in [4.69, 9.17) is 5.26 Å². The maximum atomic E-state index is 12.4. The molecular formula is C16H23N6O. The van der Waals surface area contributed by atoms with E-state index in [0.717, 1.165) is 5.06 Å². The lowest BCUT2D eigenvalue weighted by molar-refractivity contribution is -0.288. The van der Waals surface area contributed by atoms with E-state index in [-0.39, 0.29) is 6.04 Å². The van der Waals surface area contributed by atoms with Gasteiger partial charge in [-0.3, -0.25) is 5.32 Å². The van der Waals surface area contributed by atoms with Crippen LogP contribution in [0.4, 0.5) is 5.82 Å². The highest BCUT2D eigenvalue weighted by Crippen LogP contribution is 2.38. The Morgan fingerprint density at radius 2 is 2.00 bits per heavy atom. The van der Waals surface area contributed by atoms with E-state index >= 15 is 0 Å². The van der Waals surface area contributed by atoms with Crippen LogP contribution in [0, 0.1) is 11.5 Å². The second-order valence-electron chi connectivity index (χ2n) is 7.04. The van der Waals surface area contributed by atoms with E-state index in [1.54, 1.807) is 12.3 Å². The van der Waals surface area contributed by atoms with Gasteiger partial charge in [0.2, 0.25) is 5.96 Å². The molecule has 2 N–H and O–H groups in total. The monoisotopic (exact) mass is 315 g/mol. The van der Waals surface area contributed by atoms with Gasteiger partial charge in [-0.2, -0.15) is 5.26 Å². The lowest BCUT2D eigenvalue weighted by Crippen LogP contribution is -2.59. The fraction of sp³-hybridized carbons (Fsp3) is 0.562. The predicted molar refractivity (Wildman–Crippen MR) is 87.7 cm³/mol. The van der Waals surface area contributed by atoms with Crippen molar-refractivity contribution in [3.8, 4) is 6.19 Å². The summed E-state index contributed by atoms with van der Waals surface area (Å²) < 4.78 is 0. The molecule has 1 fully saturated rings. The summed E-state index contributed by atoms with van der Waals surface area (Å²) >= 11 is 0. The van der Waals surface area contributed by atoms with Crippen LogP contribution in [0.25, 0.3) is 0 Å². The third-order valence-corrected chi connectivity index (χ3v) is 3.97. The van der Waals surface area contributed by atoms with Crippen LogP contribution in [-0.2, 0) is 5.21 Å². The number of hydroxylamine groups is 2. The van der Waals surface area contributed by atoms with E-state index in [2.05, 4.69) is 20.6 Å². The Morgan fingerprint density at radius 1 is 1.35 bits per heavy atom. The van der Waals surface area contributed by atoms with E-state index in [0.29, 0.717) is 24.6 Å². The van der Waals surface area contributed by atoms with Crippen molar-refractivity contribution in [1.82, 2.24) is 15.4 Å². The van der Waals surface area contributed by atoms with Gasteiger partial charge in [0.05, 0.1) is 6.04 Å². The Bertz CT molecular complexity index is 587. The van der Waals surface area contributed by atoms with Gasteiger partial charge in [0.1, 0.15) is 5.82 Å². The molecule has 1 saturated heterocycles. The van der Waals surface area contributed by atoms with Crippen molar-refractivity contribution in [1.29, 1.82) is 5.26 Å². The number of hydrogen-bond acceptors (Lipinski definition) is 4. The second-order valence-corrected chi connectivity index (χ2v) is 7.04. The fourth-order valence-corrected chi connectivity index (χ4v) is 3.19. The van der Waals surface area contributed by atoms with Crippen LogP contribution in [0.15, 0.2) is 29.4 Å². The van der Waals surface area contributed by atoms with Crippen molar-refractivity contribution in [2.75, 3.05) is 5.32 Å². The largest absolute Gasteiger partial charge is 0.310 e. The van der Waals surface area contributed by atoms with Crippen molar-refractivity contribution in [3.63, 3.8) is 0 Å². The highest BCUT2D eigenvalue weighted by Gasteiger charge is 2.46. The van der Waals surface area contributed by atoms with Crippen molar-refractivity contribution in [2.24, 2.45) is 4.99 Å². The Morgan fingerprint density at radius 3 is 2.52 bits per heavy atom. The molecule has 123 valence electrons. The first-order valence-corrected chi connectivity index (χ1v) is 7.63. The molecule has 0 unspecified atom stereocenters. The Labute approximate surface area is 137 Å². The van der Waals surface area contributed by atoms with Crippen molar-refractivity contribution in [3.05, 3.63) is 24.4 Å². The van der Waals surface area contributed by atoms with Crippen LogP contribution in [0.1, 0.15) is 40.5 Å². The van der Waals surface area contributed by atoms with Crippen LogP contribution in [0.3, 0.4) is 0 Å². The molecule has 7 nitrogen and oxygen atoms in total. The molecule has 23 heavy (non-hydrogen) atoms. The number of anilines is 1. The molecule has 0 saturated carbocycles. The molecule has 0 atom stereocenters. The highest BCUT2D eigenvalue weighted by atomic mass is 16.5. The minimum atomic E-state index is -0.501. The highest BCUT2D eigenvalue weighted by molar-refractivity contribution is 5.93. The Balaban J connectivity index is 2.20. The van der Waals surface area contributed by atoms with Gasteiger partial charge in [-0.25, -0.2) is 9.98 Å². The maximum absolute atomic E-state index is 12.4. The van der Waals surface area contributed by atoms with Crippen LogP contribution in [0.2, 0.25) is 0 Å². The summed E-state index contributed by atoms with van der Waals surface area (Å²) in [6.45, 7) is 7.69. The van der Waals surface area contributed by atoms with Gasteiger partial charge in [0.15, 0.2) is 6.19 Å². The van der Waals surface area contributed by atoms with E-state index in [1.165, 1.54) is 0 Å². The van der Waals surface area contributed by atoms with Crippen molar-refractivity contribution >= 4 is 11.8 Å². The number of guanidine groups is 1. The van der Waals surface area contributed by atoms with E-state index < -0.39 is 11.1 Å². The first-order chi connectivity index (χ1) is 10.7. The molecule has 0 aliphatic carbocycles. The average molecular weight is 315 g/mol. The topological polar surface area (TPSA) is 96.2 Å². The number of piperidine rings is 1. The van der Waals surface area contributed by atoms with Gasteiger partial charge in [-0.05, 0) is 52.7 Å².